The van der Waals surface area contributed by atoms with E-state index in [0.29, 0.717) is 25.9 Å². The van der Waals surface area contributed by atoms with Crippen LogP contribution < -0.4 is 5.32 Å². The van der Waals surface area contributed by atoms with Crippen LogP contribution in [0.3, 0.4) is 0 Å². The number of likely N-dealkylation sites (tertiary alicyclic amines) is 1. The summed E-state index contributed by atoms with van der Waals surface area (Å²) in [4.78, 5) is 26.0. The fourth-order valence-electron chi connectivity index (χ4n) is 3.11. The van der Waals surface area contributed by atoms with Crippen LogP contribution in [0.5, 0.6) is 0 Å². The van der Waals surface area contributed by atoms with Gasteiger partial charge in [0.1, 0.15) is 12.4 Å². The number of benzene rings is 1. The predicted molar refractivity (Wildman–Crippen MR) is 90.1 cm³/mol. The maximum absolute atomic E-state index is 13.4. The number of nitrogens with zero attached hydrogens (tertiary/aromatic N) is 3. The van der Waals surface area contributed by atoms with Crippen LogP contribution in [0.1, 0.15) is 18.4 Å². The van der Waals surface area contributed by atoms with E-state index < -0.39 is 0 Å². The first-order valence-corrected chi connectivity index (χ1v) is 8.40. The number of amides is 2. The third-order valence-electron chi connectivity index (χ3n) is 4.31. The van der Waals surface area contributed by atoms with Gasteiger partial charge in [0.25, 0.3) is 0 Å². The van der Waals surface area contributed by atoms with Crippen LogP contribution in [-0.2, 0) is 22.6 Å². The van der Waals surface area contributed by atoms with Crippen LogP contribution in [-0.4, -0.2) is 45.6 Å². The molecule has 0 radical (unpaired) electrons. The molecule has 1 N–H and O–H groups in total. The quantitative estimate of drug-likeness (QED) is 0.825. The predicted octanol–water partition coefficient (Wildman–Crippen LogP) is 1.37. The summed E-state index contributed by atoms with van der Waals surface area (Å²) in [5, 5.41) is 6.87. The highest BCUT2D eigenvalue weighted by Gasteiger charge is 2.28. The molecule has 6 nitrogen and oxygen atoms in total. The lowest BCUT2D eigenvalue weighted by atomic mass is 10.0. The van der Waals surface area contributed by atoms with Gasteiger partial charge >= 0.3 is 0 Å². The van der Waals surface area contributed by atoms with E-state index in [-0.39, 0.29) is 30.2 Å². The summed E-state index contributed by atoms with van der Waals surface area (Å²) in [5.74, 6) is -0.381. The van der Waals surface area contributed by atoms with Gasteiger partial charge in [-0.1, -0.05) is 12.1 Å². The number of hydrogen-bond acceptors (Lipinski definition) is 3. The highest BCUT2D eigenvalue weighted by molar-refractivity contribution is 5.79. The molecule has 25 heavy (non-hydrogen) atoms. The highest BCUT2D eigenvalue weighted by Crippen LogP contribution is 2.17. The zero-order valence-electron chi connectivity index (χ0n) is 13.9. The van der Waals surface area contributed by atoms with Crippen molar-refractivity contribution in [2.24, 2.45) is 0 Å². The molecule has 0 spiro atoms. The lowest BCUT2D eigenvalue weighted by Crippen LogP contribution is -2.46. The van der Waals surface area contributed by atoms with Crippen molar-refractivity contribution in [1.29, 1.82) is 0 Å². The Hall–Kier alpha value is -2.70. The average molecular weight is 344 g/mol. The van der Waals surface area contributed by atoms with Gasteiger partial charge in [-0.25, -0.2) is 4.39 Å². The molecule has 3 rings (SSSR count). The van der Waals surface area contributed by atoms with E-state index in [1.165, 1.54) is 16.8 Å². The Morgan fingerprint density at radius 3 is 2.92 bits per heavy atom. The normalized spacial score (nSPS) is 15.4. The van der Waals surface area contributed by atoms with Crippen LogP contribution in [0, 0.1) is 5.82 Å². The third kappa shape index (κ3) is 4.65. The summed E-state index contributed by atoms with van der Waals surface area (Å²) in [5.41, 5.74) is 0.811. The van der Waals surface area contributed by atoms with Crippen LogP contribution in [0.25, 0.3) is 0 Å². The fraction of sp³-hybridized carbons (Fsp3) is 0.389. The van der Waals surface area contributed by atoms with Gasteiger partial charge in [-0.3, -0.25) is 14.3 Å². The van der Waals surface area contributed by atoms with Crippen molar-refractivity contribution in [3.63, 3.8) is 0 Å². The molecular formula is C18H21FN4O2. The van der Waals surface area contributed by atoms with Crippen molar-refractivity contribution in [3.05, 3.63) is 54.1 Å². The number of halogens is 1. The van der Waals surface area contributed by atoms with Crippen LogP contribution in [0.4, 0.5) is 4.39 Å². The number of aromatic nitrogens is 2. The van der Waals surface area contributed by atoms with E-state index in [9.17, 15) is 14.0 Å². The Labute approximate surface area is 145 Å². The Morgan fingerprint density at radius 1 is 1.36 bits per heavy atom. The van der Waals surface area contributed by atoms with Crippen molar-refractivity contribution < 1.29 is 14.0 Å². The maximum atomic E-state index is 13.4. The van der Waals surface area contributed by atoms with Crippen LogP contribution in [0.2, 0.25) is 0 Å². The molecule has 132 valence electrons. The van der Waals surface area contributed by atoms with Gasteiger partial charge in [-0.2, -0.15) is 5.10 Å². The minimum atomic E-state index is -0.299. The first-order chi connectivity index (χ1) is 12.1. The van der Waals surface area contributed by atoms with E-state index in [4.69, 9.17) is 0 Å². The second kappa shape index (κ2) is 7.92. The topological polar surface area (TPSA) is 67.2 Å². The minimum Gasteiger partial charge on any atom is -0.352 e. The Balaban J connectivity index is 1.63. The van der Waals surface area contributed by atoms with Gasteiger partial charge in [-0.05, 0) is 36.6 Å². The summed E-state index contributed by atoms with van der Waals surface area (Å²) in [7, 11) is 0. The lowest BCUT2D eigenvalue weighted by Gasteiger charge is -2.28. The second-order valence-corrected chi connectivity index (χ2v) is 6.19. The molecule has 0 aliphatic carbocycles. The molecular weight excluding hydrogens is 323 g/mol. The van der Waals surface area contributed by atoms with E-state index in [2.05, 4.69) is 10.4 Å². The molecule has 2 amide bonds. The first kappa shape index (κ1) is 17.1. The molecule has 0 bridgehead atoms. The summed E-state index contributed by atoms with van der Waals surface area (Å²) in [6.45, 7) is 1.14. The molecule has 1 aliphatic rings. The SMILES string of the molecule is O=C(Cn1cccn1)NC[C@@H](Cc1cccc(F)c1)N1CCCC1=O. The van der Waals surface area contributed by atoms with Crippen molar-refractivity contribution >= 4 is 11.8 Å². The number of nitrogens with one attached hydrogen (secondary N) is 1. The standard InChI is InChI=1S/C18H21FN4O2/c19-15-5-1-4-14(10-15)11-16(23-9-2-6-18(23)25)12-20-17(24)13-22-8-3-7-21-22/h1,3-5,7-8,10,16H,2,6,9,11-13H2,(H,20,24)/t16-/m1/s1. The monoisotopic (exact) mass is 344 g/mol. The minimum absolute atomic E-state index is 0.0859. The smallest absolute Gasteiger partial charge is 0.241 e. The Kier molecular flexibility index (Phi) is 5.42. The van der Waals surface area contributed by atoms with Gasteiger partial charge in [-0.15, -0.1) is 0 Å². The summed E-state index contributed by atoms with van der Waals surface area (Å²) >= 11 is 0. The third-order valence-corrected chi connectivity index (χ3v) is 4.31. The first-order valence-electron chi connectivity index (χ1n) is 8.40. The average Bonchev–Trinajstić information content (AvgIpc) is 3.23. The van der Waals surface area contributed by atoms with Crippen molar-refractivity contribution in [1.82, 2.24) is 20.0 Å². The lowest BCUT2D eigenvalue weighted by molar-refractivity contribution is -0.130. The molecule has 1 atom stereocenters. The van der Waals surface area contributed by atoms with Gasteiger partial charge < -0.3 is 10.2 Å². The molecule has 1 aromatic heterocycles. The largest absolute Gasteiger partial charge is 0.352 e. The molecule has 1 aliphatic heterocycles. The Bertz CT molecular complexity index is 732. The van der Waals surface area contributed by atoms with E-state index in [1.54, 1.807) is 29.4 Å². The molecule has 2 aromatic rings. The molecule has 1 aromatic carbocycles. The number of rotatable bonds is 7. The molecule has 1 fully saturated rings. The van der Waals surface area contributed by atoms with E-state index >= 15 is 0 Å². The van der Waals surface area contributed by atoms with Crippen molar-refractivity contribution in [2.75, 3.05) is 13.1 Å². The zero-order valence-corrected chi connectivity index (χ0v) is 13.9. The van der Waals surface area contributed by atoms with Crippen LogP contribution >= 0.6 is 0 Å². The molecule has 0 unspecified atom stereocenters. The fourth-order valence-corrected chi connectivity index (χ4v) is 3.11. The zero-order chi connectivity index (χ0) is 17.6. The summed E-state index contributed by atoms with van der Waals surface area (Å²) < 4.78 is 15.0. The highest BCUT2D eigenvalue weighted by atomic mass is 19.1. The van der Waals surface area contributed by atoms with Crippen LogP contribution in [0.15, 0.2) is 42.7 Å². The van der Waals surface area contributed by atoms with Gasteiger partial charge in [0.15, 0.2) is 0 Å². The summed E-state index contributed by atoms with van der Waals surface area (Å²) in [6, 6.07) is 7.93. The summed E-state index contributed by atoms with van der Waals surface area (Å²) in [6.07, 6.45) is 5.18. The number of carbonyl (C=O) groups excluding carboxylic acids is 2. The van der Waals surface area contributed by atoms with Gasteiger partial charge in [0, 0.05) is 31.9 Å². The van der Waals surface area contributed by atoms with E-state index in [1.807, 2.05) is 6.07 Å². The van der Waals surface area contributed by atoms with Gasteiger partial charge in [0.05, 0.1) is 6.04 Å². The molecule has 7 heteroatoms. The maximum Gasteiger partial charge on any atom is 0.241 e. The molecule has 2 heterocycles. The van der Waals surface area contributed by atoms with Crippen molar-refractivity contribution in [2.45, 2.75) is 31.8 Å². The molecule has 0 saturated carbocycles. The number of carbonyl (C=O) groups is 2. The second-order valence-electron chi connectivity index (χ2n) is 6.19. The van der Waals surface area contributed by atoms with E-state index in [0.717, 1.165) is 12.0 Å². The van der Waals surface area contributed by atoms with Crippen molar-refractivity contribution in [3.8, 4) is 0 Å². The molecule has 1 saturated heterocycles. The van der Waals surface area contributed by atoms with Gasteiger partial charge in [0.2, 0.25) is 11.8 Å². The number of hydrogen-bond donors (Lipinski definition) is 1. The Morgan fingerprint density at radius 2 is 2.24 bits per heavy atom.